The Morgan fingerprint density at radius 2 is 2.50 bits per heavy atom. The molecular formula is C7H10N2O. The van der Waals surface area contributed by atoms with Gasteiger partial charge in [0.1, 0.15) is 5.82 Å². The molecule has 0 aromatic carbocycles. The molecule has 0 aliphatic carbocycles. The Kier molecular flexibility index (Phi) is 1.85. The minimum absolute atomic E-state index is 0.0926. The summed E-state index contributed by atoms with van der Waals surface area (Å²) in [6.45, 7) is 3.65. The minimum Gasteiger partial charge on any atom is -0.274 e. The van der Waals surface area contributed by atoms with Crippen LogP contribution in [0.2, 0.25) is 0 Å². The summed E-state index contributed by atoms with van der Waals surface area (Å²) in [4.78, 5) is 14.9. The Morgan fingerprint density at radius 3 is 2.90 bits per heavy atom. The fourth-order valence-corrected chi connectivity index (χ4v) is 0.812. The van der Waals surface area contributed by atoms with E-state index in [4.69, 9.17) is 0 Å². The van der Waals surface area contributed by atoms with Crippen LogP contribution in [0.3, 0.4) is 0 Å². The lowest BCUT2D eigenvalue weighted by molar-refractivity contribution is 0.0906. The van der Waals surface area contributed by atoms with Crippen molar-refractivity contribution in [2.45, 2.75) is 20.3 Å². The molecule has 3 heteroatoms. The number of aryl methyl sites for hydroxylation is 1. The first kappa shape index (κ1) is 6.99. The summed E-state index contributed by atoms with van der Waals surface area (Å²) < 4.78 is 1.56. The molecule has 0 radical (unpaired) electrons. The van der Waals surface area contributed by atoms with Crippen molar-refractivity contribution in [2.75, 3.05) is 0 Å². The molecule has 1 heterocycles. The van der Waals surface area contributed by atoms with Gasteiger partial charge >= 0.3 is 0 Å². The zero-order chi connectivity index (χ0) is 7.56. The van der Waals surface area contributed by atoms with E-state index in [1.54, 1.807) is 17.0 Å². The highest BCUT2D eigenvalue weighted by molar-refractivity contribution is 5.78. The van der Waals surface area contributed by atoms with Gasteiger partial charge in [0, 0.05) is 18.8 Å². The maximum atomic E-state index is 11.0. The van der Waals surface area contributed by atoms with Gasteiger partial charge in [0.2, 0.25) is 5.91 Å². The van der Waals surface area contributed by atoms with E-state index in [1.807, 2.05) is 13.8 Å². The van der Waals surface area contributed by atoms with Gasteiger partial charge in [0.05, 0.1) is 0 Å². The van der Waals surface area contributed by atoms with Crippen molar-refractivity contribution >= 4 is 5.91 Å². The molecule has 0 N–H and O–H groups in total. The highest BCUT2D eigenvalue weighted by atomic mass is 16.2. The summed E-state index contributed by atoms with van der Waals surface area (Å²) in [5, 5.41) is 0. The summed E-state index contributed by atoms with van der Waals surface area (Å²) >= 11 is 0. The number of hydrogen-bond donors (Lipinski definition) is 0. The number of hydrogen-bond acceptors (Lipinski definition) is 2. The lowest BCUT2D eigenvalue weighted by atomic mass is 10.4. The molecule has 0 fully saturated rings. The predicted molar refractivity (Wildman–Crippen MR) is 37.9 cm³/mol. The van der Waals surface area contributed by atoms with Gasteiger partial charge in [-0.25, -0.2) is 4.98 Å². The maximum Gasteiger partial charge on any atom is 0.231 e. The fraction of sp³-hybridized carbons (Fsp3) is 0.429. The van der Waals surface area contributed by atoms with Crippen molar-refractivity contribution in [3.8, 4) is 0 Å². The van der Waals surface area contributed by atoms with E-state index >= 15 is 0 Å². The SMILES string of the molecule is CCC(=O)n1ccnc1C. The second-order valence-electron chi connectivity index (χ2n) is 2.09. The van der Waals surface area contributed by atoms with Gasteiger partial charge in [-0.2, -0.15) is 0 Å². The molecule has 1 aromatic heterocycles. The van der Waals surface area contributed by atoms with Crippen molar-refractivity contribution in [1.82, 2.24) is 9.55 Å². The van der Waals surface area contributed by atoms with Gasteiger partial charge in [0.25, 0.3) is 0 Å². The summed E-state index contributed by atoms with van der Waals surface area (Å²) in [5.41, 5.74) is 0. The zero-order valence-corrected chi connectivity index (χ0v) is 6.16. The van der Waals surface area contributed by atoms with Crippen molar-refractivity contribution in [3.63, 3.8) is 0 Å². The van der Waals surface area contributed by atoms with Crippen LogP contribution in [0.4, 0.5) is 0 Å². The molecule has 1 aromatic rings. The average molecular weight is 138 g/mol. The van der Waals surface area contributed by atoms with Gasteiger partial charge in [-0.05, 0) is 6.92 Å². The lowest BCUT2D eigenvalue weighted by Gasteiger charge is -1.97. The average Bonchev–Trinajstić information content (AvgIpc) is 2.34. The second kappa shape index (κ2) is 2.64. The number of imidazole rings is 1. The first-order valence-electron chi connectivity index (χ1n) is 3.29. The highest BCUT2D eigenvalue weighted by Crippen LogP contribution is 1.96. The van der Waals surface area contributed by atoms with Crippen LogP contribution in [0.1, 0.15) is 24.0 Å². The molecule has 10 heavy (non-hydrogen) atoms. The van der Waals surface area contributed by atoms with Crippen LogP contribution in [0.15, 0.2) is 12.4 Å². The number of rotatable bonds is 1. The van der Waals surface area contributed by atoms with E-state index in [0.29, 0.717) is 6.42 Å². The van der Waals surface area contributed by atoms with Crippen LogP contribution >= 0.6 is 0 Å². The van der Waals surface area contributed by atoms with E-state index in [9.17, 15) is 4.79 Å². The monoisotopic (exact) mass is 138 g/mol. The van der Waals surface area contributed by atoms with Crippen LogP contribution in [0.25, 0.3) is 0 Å². The smallest absolute Gasteiger partial charge is 0.231 e. The zero-order valence-electron chi connectivity index (χ0n) is 6.16. The molecule has 0 amide bonds. The Morgan fingerprint density at radius 1 is 1.80 bits per heavy atom. The molecule has 0 aliphatic heterocycles. The topological polar surface area (TPSA) is 34.9 Å². The maximum absolute atomic E-state index is 11.0. The van der Waals surface area contributed by atoms with Crippen LogP contribution in [0, 0.1) is 6.92 Å². The normalized spacial score (nSPS) is 9.80. The van der Waals surface area contributed by atoms with E-state index < -0.39 is 0 Å². The molecule has 0 saturated carbocycles. The predicted octanol–water partition coefficient (Wildman–Crippen LogP) is 1.24. The molecule has 0 atom stereocenters. The molecular weight excluding hydrogens is 128 g/mol. The molecule has 54 valence electrons. The lowest BCUT2D eigenvalue weighted by Crippen LogP contribution is -2.09. The molecule has 3 nitrogen and oxygen atoms in total. The first-order chi connectivity index (χ1) is 4.75. The number of carbonyl (C=O) groups is 1. The Labute approximate surface area is 59.7 Å². The highest BCUT2D eigenvalue weighted by Gasteiger charge is 2.02. The Bertz CT molecular complexity index is 240. The molecule has 0 unspecified atom stereocenters. The summed E-state index contributed by atoms with van der Waals surface area (Å²) in [7, 11) is 0. The molecule has 0 saturated heterocycles. The van der Waals surface area contributed by atoms with Crippen LogP contribution in [-0.4, -0.2) is 15.5 Å². The number of aromatic nitrogens is 2. The van der Waals surface area contributed by atoms with E-state index in [0.717, 1.165) is 5.82 Å². The third-order valence-electron chi connectivity index (χ3n) is 1.40. The third-order valence-corrected chi connectivity index (χ3v) is 1.40. The van der Waals surface area contributed by atoms with Gasteiger partial charge in [0.15, 0.2) is 0 Å². The summed E-state index contributed by atoms with van der Waals surface area (Å²) in [5.74, 6) is 0.849. The van der Waals surface area contributed by atoms with Gasteiger partial charge in [-0.15, -0.1) is 0 Å². The molecule has 0 aliphatic rings. The minimum atomic E-state index is 0.0926. The van der Waals surface area contributed by atoms with Crippen molar-refractivity contribution in [2.24, 2.45) is 0 Å². The van der Waals surface area contributed by atoms with E-state index in [-0.39, 0.29) is 5.91 Å². The van der Waals surface area contributed by atoms with Gasteiger partial charge in [-0.1, -0.05) is 6.92 Å². The quantitative estimate of drug-likeness (QED) is 0.585. The summed E-state index contributed by atoms with van der Waals surface area (Å²) in [6.07, 6.45) is 3.83. The van der Waals surface area contributed by atoms with E-state index in [2.05, 4.69) is 4.98 Å². The van der Waals surface area contributed by atoms with Crippen molar-refractivity contribution in [1.29, 1.82) is 0 Å². The molecule has 0 spiro atoms. The molecule has 0 bridgehead atoms. The van der Waals surface area contributed by atoms with Crippen LogP contribution in [0.5, 0.6) is 0 Å². The van der Waals surface area contributed by atoms with Crippen molar-refractivity contribution < 1.29 is 4.79 Å². The fourth-order valence-electron chi connectivity index (χ4n) is 0.812. The van der Waals surface area contributed by atoms with Gasteiger partial charge < -0.3 is 0 Å². The second-order valence-corrected chi connectivity index (χ2v) is 2.09. The van der Waals surface area contributed by atoms with Crippen LogP contribution < -0.4 is 0 Å². The van der Waals surface area contributed by atoms with E-state index in [1.165, 1.54) is 0 Å². The number of carbonyl (C=O) groups excluding carboxylic acids is 1. The molecule has 1 rings (SSSR count). The third kappa shape index (κ3) is 1.07. The standard InChI is InChI=1S/C7H10N2O/c1-3-7(10)9-5-4-8-6(9)2/h4-5H,3H2,1-2H3. The Hall–Kier alpha value is -1.12. The first-order valence-corrected chi connectivity index (χ1v) is 3.29. The largest absolute Gasteiger partial charge is 0.274 e. The van der Waals surface area contributed by atoms with Crippen molar-refractivity contribution in [3.05, 3.63) is 18.2 Å². The van der Waals surface area contributed by atoms with Gasteiger partial charge in [-0.3, -0.25) is 9.36 Å². The Balaban J connectivity index is 2.93. The van der Waals surface area contributed by atoms with Crippen LogP contribution in [-0.2, 0) is 0 Å². The summed E-state index contributed by atoms with van der Waals surface area (Å²) in [6, 6.07) is 0. The number of nitrogens with zero attached hydrogens (tertiary/aromatic N) is 2.